The van der Waals surface area contributed by atoms with Crippen LogP contribution >= 0.6 is 11.3 Å². The van der Waals surface area contributed by atoms with Crippen molar-refractivity contribution in [2.75, 3.05) is 0 Å². The third-order valence-corrected chi connectivity index (χ3v) is 5.27. The summed E-state index contributed by atoms with van der Waals surface area (Å²) in [5.74, 6) is 2.08. The van der Waals surface area contributed by atoms with Gasteiger partial charge in [0.2, 0.25) is 0 Å². The minimum absolute atomic E-state index is 0.0305. The molecule has 0 aliphatic heterocycles. The number of fused-ring (bicyclic) bond motifs is 2. The van der Waals surface area contributed by atoms with E-state index in [2.05, 4.69) is 15.9 Å². The normalized spacial score (nSPS) is 11.8. The van der Waals surface area contributed by atoms with Gasteiger partial charge in [-0.05, 0) is 25.1 Å². The van der Waals surface area contributed by atoms with E-state index in [0.29, 0.717) is 32.1 Å². The third-order valence-electron chi connectivity index (χ3n) is 4.23. The highest BCUT2D eigenvalue weighted by Crippen LogP contribution is 2.23. The largest absolute Gasteiger partial charge is 0.305 e. The first kappa shape index (κ1) is 17.6. The number of aryl methyl sites for hydroxylation is 1. The predicted molar refractivity (Wildman–Crippen MR) is 105 cm³/mol. The Kier molecular flexibility index (Phi) is 4.25. The summed E-state index contributed by atoms with van der Waals surface area (Å²) in [7, 11) is 0. The molecule has 0 bridgehead atoms. The monoisotopic (exact) mass is 391 g/mol. The van der Waals surface area contributed by atoms with Crippen LogP contribution in [0.3, 0.4) is 0 Å². The quantitative estimate of drug-likeness (QED) is 0.305. The number of nitro benzene ring substituents is 1. The Balaban J connectivity index is 1.91. The molecule has 4 rings (SSSR count). The van der Waals surface area contributed by atoms with Crippen molar-refractivity contribution in [3.63, 3.8) is 0 Å². The average Bonchev–Trinajstić information content (AvgIpc) is 3.18. The number of carbonyl (C=O) groups excluding carboxylic acids is 1. The van der Waals surface area contributed by atoms with Crippen molar-refractivity contribution in [3.05, 3.63) is 68.9 Å². The molecule has 138 valence electrons. The maximum atomic E-state index is 12.9. The van der Waals surface area contributed by atoms with Gasteiger partial charge in [0.15, 0.2) is 4.80 Å². The van der Waals surface area contributed by atoms with Crippen LogP contribution in [-0.2, 0) is 6.54 Å². The van der Waals surface area contributed by atoms with Gasteiger partial charge in [-0.15, -0.1) is 6.42 Å². The van der Waals surface area contributed by atoms with Crippen LogP contribution in [0.2, 0.25) is 0 Å². The van der Waals surface area contributed by atoms with Crippen LogP contribution < -0.4 is 4.80 Å². The van der Waals surface area contributed by atoms with Crippen LogP contribution in [-0.4, -0.2) is 24.8 Å². The summed E-state index contributed by atoms with van der Waals surface area (Å²) in [4.78, 5) is 32.5. The molecule has 1 aromatic carbocycles. The Labute approximate surface area is 162 Å². The Morgan fingerprint density at radius 2 is 2.21 bits per heavy atom. The fourth-order valence-corrected chi connectivity index (χ4v) is 4.08. The van der Waals surface area contributed by atoms with Gasteiger partial charge in [0.05, 0.1) is 27.4 Å². The van der Waals surface area contributed by atoms with Crippen LogP contribution in [0.15, 0.2) is 47.6 Å². The second-order valence-electron chi connectivity index (χ2n) is 5.98. The highest BCUT2D eigenvalue weighted by Gasteiger charge is 2.17. The summed E-state index contributed by atoms with van der Waals surface area (Å²) in [6.45, 7) is 1.94. The molecule has 4 aromatic rings. The zero-order chi connectivity index (χ0) is 19.8. The summed E-state index contributed by atoms with van der Waals surface area (Å²) >= 11 is 1.18. The molecule has 0 saturated carbocycles. The number of carbonyl (C=O) groups is 1. The van der Waals surface area contributed by atoms with Gasteiger partial charge in [0.1, 0.15) is 11.3 Å². The lowest BCUT2D eigenvalue weighted by Gasteiger charge is -2.00. The van der Waals surface area contributed by atoms with Gasteiger partial charge >= 0.3 is 0 Å². The lowest BCUT2D eigenvalue weighted by atomic mass is 10.3. The van der Waals surface area contributed by atoms with Crippen LogP contribution in [0.1, 0.15) is 16.2 Å². The third kappa shape index (κ3) is 2.86. The first-order chi connectivity index (χ1) is 13.5. The number of imidazole rings is 1. The lowest BCUT2D eigenvalue weighted by molar-refractivity contribution is -0.384. The first-order valence-electron chi connectivity index (χ1n) is 8.23. The Bertz CT molecular complexity index is 1370. The van der Waals surface area contributed by atoms with E-state index in [1.807, 2.05) is 12.1 Å². The molecule has 0 spiro atoms. The SMILES string of the molecule is C#CCn1c(=NC(=O)c2c(C)nc3ccccn23)sc2cc([N+](=O)[O-])ccc21. The van der Waals surface area contributed by atoms with Gasteiger partial charge < -0.3 is 4.57 Å². The number of nitro groups is 1. The van der Waals surface area contributed by atoms with E-state index in [9.17, 15) is 14.9 Å². The summed E-state index contributed by atoms with van der Waals surface area (Å²) in [5.41, 5.74) is 2.25. The van der Waals surface area contributed by atoms with Crippen molar-refractivity contribution in [3.8, 4) is 12.3 Å². The van der Waals surface area contributed by atoms with Crippen molar-refractivity contribution in [2.24, 2.45) is 4.99 Å². The molecule has 0 unspecified atom stereocenters. The molecule has 0 atom stereocenters. The van der Waals surface area contributed by atoms with E-state index >= 15 is 0 Å². The van der Waals surface area contributed by atoms with E-state index in [1.165, 1.54) is 23.5 Å². The summed E-state index contributed by atoms with van der Waals surface area (Å²) in [5, 5.41) is 11.0. The van der Waals surface area contributed by atoms with Crippen LogP contribution in [0.4, 0.5) is 5.69 Å². The molecule has 0 aliphatic carbocycles. The van der Waals surface area contributed by atoms with Crippen LogP contribution in [0.5, 0.6) is 0 Å². The minimum Gasteiger partial charge on any atom is -0.305 e. The smallest absolute Gasteiger partial charge is 0.298 e. The van der Waals surface area contributed by atoms with Crippen LogP contribution in [0.25, 0.3) is 15.9 Å². The van der Waals surface area contributed by atoms with Gasteiger partial charge in [-0.1, -0.05) is 23.3 Å². The summed E-state index contributed by atoms with van der Waals surface area (Å²) in [6.07, 6.45) is 7.22. The van der Waals surface area contributed by atoms with Crippen molar-refractivity contribution >= 4 is 38.8 Å². The molecule has 0 saturated heterocycles. The molecule has 9 heteroatoms. The van der Waals surface area contributed by atoms with Crippen molar-refractivity contribution < 1.29 is 9.72 Å². The zero-order valence-electron chi connectivity index (χ0n) is 14.7. The van der Waals surface area contributed by atoms with Crippen molar-refractivity contribution in [1.82, 2.24) is 14.0 Å². The van der Waals surface area contributed by atoms with Crippen molar-refractivity contribution in [1.29, 1.82) is 0 Å². The number of aromatic nitrogens is 3. The molecule has 0 aliphatic rings. The number of non-ortho nitro benzene ring substituents is 1. The van der Waals surface area contributed by atoms with E-state index in [-0.39, 0.29) is 12.2 Å². The first-order valence-corrected chi connectivity index (χ1v) is 9.05. The molecular weight excluding hydrogens is 378 g/mol. The average molecular weight is 391 g/mol. The molecule has 0 fully saturated rings. The Hall–Kier alpha value is -3.77. The number of rotatable bonds is 3. The van der Waals surface area contributed by atoms with E-state index in [4.69, 9.17) is 6.42 Å². The number of amides is 1. The molecular formula is C19H13N5O3S. The van der Waals surface area contributed by atoms with Gasteiger partial charge in [-0.25, -0.2) is 4.98 Å². The highest BCUT2D eigenvalue weighted by molar-refractivity contribution is 7.16. The number of pyridine rings is 1. The minimum atomic E-state index is -0.464. The molecule has 3 heterocycles. The second kappa shape index (κ2) is 6.75. The molecule has 0 radical (unpaired) electrons. The number of nitrogens with zero attached hydrogens (tertiary/aromatic N) is 5. The van der Waals surface area contributed by atoms with E-state index < -0.39 is 10.8 Å². The number of hydrogen-bond donors (Lipinski definition) is 0. The lowest BCUT2D eigenvalue weighted by Crippen LogP contribution is -2.17. The van der Waals surface area contributed by atoms with Gasteiger partial charge in [0.25, 0.3) is 11.6 Å². The molecule has 0 N–H and O–H groups in total. The van der Waals surface area contributed by atoms with Crippen LogP contribution in [0, 0.1) is 29.4 Å². The fraction of sp³-hybridized carbons (Fsp3) is 0.105. The molecule has 8 nitrogen and oxygen atoms in total. The number of benzene rings is 1. The Morgan fingerprint density at radius 3 is 2.96 bits per heavy atom. The maximum Gasteiger partial charge on any atom is 0.298 e. The summed E-state index contributed by atoms with van der Waals surface area (Å²) in [6, 6.07) is 9.93. The van der Waals surface area contributed by atoms with E-state index in [0.717, 1.165) is 0 Å². The van der Waals surface area contributed by atoms with E-state index in [1.54, 1.807) is 34.2 Å². The molecule has 3 aromatic heterocycles. The van der Waals surface area contributed by atoms with Gasteiger partial charge in [-0.3, -0.25) is 19.3 Å². The van der Waals surface area contributed by atoms with Gasteiger partial charge in [0, 0.05) is 18.3 Å². The second-order valence-corrected chi connectivity index (χ2v) is 6.98. The predicted octanol–water partition coefficient (Wildman–Crippen LogP) is 2.94. The molecule has 1 amide bonds. The maximum absolute atomic E-state index is 12.9. The van der Waals surface area contributed by atoms with Gasteiger partial charge in [-0.2, -0.15) is 4.99 Å². The molecule has 28 heavy (non-hydrogen) atoms. The Morgan fingerprint density at radius 1 is 1.39 bits per heavy atom. The fourth-order valence-electron chi connectivity index (χ4n) is 3.02. The topological polar surface area (TPSA) is 94.8 Å². The number of hydrogen-bond acceptors (Lipinski definition) is 5. The highest BCUT2D eigenvalue weighted by atomic mass is 32.1. The zero-order valence-corrected chi connectivity index (χ0v) is 15.5. The number of thiazole rings is 1. The number of terminal acetylenes is 1. The summed E-state index contributed by atoms with van der Waals surface area (Å²) < 4.78 is 4.01. The van der Waals surface area contributed by atoms with Crippen molar-refractivity contribution in [2.45, 2.75) is 13.5 Å². The standard InChI is InChI=1S/C19H13N5O3S/c1-3-9-22-14-8-7-13(24(26)27)11-15(14)28-19(22)21-18(25)17-12(2)20-16-6-4-5-10-23(16)17/h1,4-8,10-11H,9H2,2H3.